The van der Waals surface area contributed by atoms with Gasteiger partial charge in [-0.05, 0) is 25.3 Å². The Kier molecular flexibility index (Phi) is 3.43. The zero-order chi connectivity index (χ0) is 13.5. The number of aromatic nitrogens is 2. The Morgan fingerprint density at radius 1 is 1.37 bits per heavy atom. The van der Waals surface area contributed by atoms with Gasteiger partial charge in [-0.1, -0.05) is 6.92 Å². The molecule has 3 rings (SSSR count). The maximum atomic E-state index is 4.79. The molecule has 1 aliphatic rings. The van der Waals surface area contributed by atoms with Crippen LogP contribution in [0.2, 0.25) is 0 Å². The van der Waals surface area contributed by atoms with Gasteiger partial charge in [0, 0.05) is 30.0 Å². The van der Waals surface area contributed by atoms with E-state index in [9.17, 15) is 0 Å². The molecule has 19 heavy (non-hydrogen) atoms. The first-order chi connectivity index (χ1) is 9.09. The average Bonchev–Trinajstić information content (AvgIpc) is 2.84. The highest BCUT2D eigenvalue weighted by atomic mass is 32.2. The molecule has 1 aliphatic heterocycles. The molecule has 0 amide bonds. The number of fused-ring (bicyclic) bond motifs is 1. The number of rotatable bonds is 2. The van der Waals surface area contributed by atoms with Gasteiger partial charge in [0.1, 0.15) is 16.5 Å². The van der Waals surface area contributed by atoms with Crippen molar-refractivity contribution in [1.29, 1.82) is 0 Å². The molecular formula is C14H19N3S2. The highest BCUT2D eigenvalue weighted by Crippen LogP contribution is 2.35. The molecule has 0 radical (unpaired) electrons. The van der Waals surface area contributed by atoms with Crippen LogP contribution < -0.4 is 4.90 Å². The molecule has 0 N–H and O–H groups in total. The van der Waals surface area contributed by atoms with Gasteiger partial charge in [0.15, 0.2) is 0 Å². The number of nitrogens with zero attached hydrogens (tertiary/aromatic N) is 3. The third-order valence-corrected chi connectivity index (χ3v) is 5.50. The summed E-state index contributed by atoms with van der Waals surface area (Å²) in [7, 11) is 0. The van der Waals surface area contributed by atoms with Crippen LogP contribution in [0.25, 0.3) is 10.2 Å². The zero-order valence-electron chi connectivity index (χ0n) is 11.6. The second-order valence-corrected chi connectivity index (χ2v) is 8.18. The number of thioether (sulfide) groups is 1. The molecule has 2 aromatic rings. The zero-order valence-corrected chi connectivity index (χ0v) is 13.3. The largest absolute Gasteiger partial charge is 0.354 e. The molecule has 0 aromatic carbocycles. The first kappa shape index (κ1) is 13.2. The molecule has 3 nitrogen and oxygen atoms in total. The predicted molar refractivity (Wildman–Crippen MR) is 85.5 cm³/mol. The number of aryl methyl sites for hydroxylation is 1. The molecule has 2 aromatic heterocycles. The van der Waals surface area contributed by atoms with Crippen molar-refractivity contribution in [1.82, 2.24) is 9.97 Å². The molecule has 1 fully saturated rings. The fourth-order valence-corrected chi connectivity index (χ4v) is 4.37. The normalized spacial score (nSPS) is 19.0. The minimum absolute atomic E-state index is 0.303. The SMILES string of the molecule is CCc1nc(N2CCSC(C)(C)C2)c2ccsc2n1. The highest BCUT2D eigenvalue weighted by molar-refractivity contribution is 8.00. The smallest absolute Gasteiger partial charge is 0.141 e. The number of hydrogen-bond acceptors (Lipinski definition) is 5. The Morgan fingerprint density at radius 3 is 2.95 bits per heavy atom. The van der Waals surface area contributed by atoms with E-state index in [1.165, 1.54) is 11.1 Å². The summed E-state index contributed by atoms with van der Waals surface area (Å²) in [6.45, 7) is 8.89. The van der Waals surface area contributed by atoms with Gasteiger partial charge < -0.3 is 4.90 Å². The van der Waals surface area contributed by atoms with Gasteiger partial charge in [-0.2, -0.15) is 11.8 Å². The second kappa shape index (κ2) is 4.94. The molecular weight excluding hydrogens is 274 g/mol. The first-order valence-corrected chi connectivity index (χ1v) is 8.58. The Morgan fingerprint density at radius 2 is 2.21 bits per heavy atom. The molecule has 5 heteroatoms. The maximum Gasteiger partial charge on any atom is 0.141 e. The van der Waals surface area contributed by atoms with Crippen LogP contribution in [0.15, 0.2) is 11.4 Å². The van der Waals surface area contributed by atoms with Crippen molar-refractivity contribution in [3.05, 3.63) is 17.3 Å². The van der Waals surface area contributed by atoms with Gasteiger partial charge in [-0.3, -0.25) is 0 Å². The molecule has 0 saturated carbocycles. The summed E-state index contributed by atoms with van der Waals surface area (Å²) >= 11 is 3.77. The van der Waals surface area contributed by atoms with E-state index in [1.807, 2.05) is 0 Å². The van der Waals surface area contributed by atoms with Crippen LogP contribution in [0.5, 0.6) is 0 Å². The van der Waals surface area contributed by atoms with Crippen molar-refractivity contribution in [2.45, 2.75) is 31.9 Å². The van der Waals surface area contributed by atoms with Crippen LogP contribution in [0.1, 0.15) is 26.6 Å². The summed E-state index contributed by atoms with van der Waals surface area (Å²) in [5.41, 5.74) is 0. The van der Waals surface area contributed by atoms with Crippen LogP contribution in [-0.2, 0) is 6.42 Å². The Labute approximate surface area is 122 Å². The van der Waals surface area contributed by atoms with E-state index in [0.717, 1.165) is 36.0 Å². The van der Waals surface area contributed by atoms with Gasteiger partial charge in [-0.15, -0.1) is 11.3 Å². The predicted octanol–water partition coefficient (Wildman–Crippen LogP) is 3.59. The minimum atomic E-state index is 0.303. The van der Waals surface area contributed by atoms with Crippen molar-refractivity contribution in [3.63, 3.8) is 0 Å². The number of hydrogen-bond donors (Lipinski definition) is 0. The molecule has 0 atom stereocenters. The molecule has 0 unspecified atom stereocenters. The quantitative estimate of drug-likeness (QED) is 0.846. The van der Waals surface area contributed by atoms with Crippen LogP contribution in [0.3, 0.4) is 0 Å². The van der Waals surface area contributed by atoms with Gasteiger partial charge in [0.2, 0.25) is 0 Å². The average molecular weight is 293 g/mol. The lowest BCUT2D eigenvalue weighted by Crippen LogP contribution is -2.43. The van der Waals surface area contributed by atoms with E-state index in [4.69, 9.17) is 4.98 Å². The van der Waals surface area contributed by atoms with Gasteiger partial charge in [0.05, 0.1) is 5.39 Å². The van der Waals surface area contributed by atoms with Gasteiger partial charge in [0.25, 0.3) is 0 Å². The lowest BCUT2D eigenvalue weighted by atomic mass is 10.2. The lowest BCUT2D eigenvalue weighted by Gasteiger charge is -2.38. The third kappa shape index (κ3) is 2.58. The van der Waals surface area contributed by atoms with Crippen LogP contribution in [0, 0.1) is 0 Å². The third-order valence-electron chi connectivity index (χ3n) is 3.39. The minimum Gasteiger partial charge on any atom is -0.354 e. The summed E-state index contributed by atoms with van der Waals surface area (Å²) < 4.78 is 0.303. The maximum absolute atomic E-state index is 4.79. The van der Waals surface area contributed by atoms with Crippen LogP contribution in [0.4, 0.5) is 5.82 Å². The number of thiophene rings is 1. The Balaban J connectivity index is 2.05. The van der Waals surface area contributed by atoms with E-state index in [1.54, 1.807) is 11.3 Å². The Hall–Kier alpha value is -0.810. The summed E-state index contributed by atoms with van der Waals surface area (Å²) in [6, 6.07) is 2.16. The van der Waals surface area contributed by atoms with E-state index < -0.39 is 0 Å². The monoisotopic (exact) mass is 293 g/mol. The lowest BCUT2D eigenvalue weighted by molar-refractivity contribution is 0.642. The summed E-state index contributed by atoms with van der Waals surface area (Å²) in [5.74, 6) is 3.27. The van der Waals surface area contributed by atoms with Gasteiger partial charge in [-0.25, -0.2) is 9.97 Å². The van der Waals surface area contributed by atoms with Crippen molar-refractivity contribution < 1.29 is 0 Å². The molecule has 102 valence electrons. The topological polar surface area (TPSA) is 29.0 Å². The van der Waals surface area contributed by atoms with Crippen molar-refractivity contribution >= 4 is 39.1 Å². The first-order valence-electron chi connectivity index (χ1n) is 6.72. The summed E-state index contributed by atoms with van der Waals surface area (Å²) in [6.07, 6.45) is 0.896. The van der Waals surface area contributed by atoms with Crippen molar-refractivity contribution in [3.8, 4) is 0 Å². The van der Waals surface area contributed by atoms with E-state index >= 15 is 0 Å². The van der Waals surface area contributed by atoms with E-state index in [2.05, 4.69) is 53.9 Å². The van der Waals surface area contributed by atoms with E-state index in [-0.39, 0.29) is 0 Å². The van der Waals surface area contributed by atoms with Gasteiger partial charge >= 0.3 is 0 Å². The van der Waals surface area contributed by atoms with E-state index in [0.29, 0.717) is 4.75 Å². The second-order valence-electron chi connectivity index (χ2n) is 5.49. The van der Waals surface area contributed by atoms with Crippen LogP contribution in [-0.4, -0.2) is 33.6 Å². The summed E-state index contributed by atoms with van der Waals surface area (Å²) in [4.78, 5) is 13.0. The molecule has 0 bridgehead atoms. The van der Waals surface area contributed by atoms with Crippen molar-refractivity contribution in [2.24, 2.45) is 0 Å². The molecule has 0 spiro atoms. The molecule has 3 heterocycles. The highest BCUT2D eigenvalue weighted by Gasteiger charge is 2.29. The molecule has 1 saturated heterocycles. The Bertz CT molecular complexity index is 591. The standard InChI is InChI=1S/C14H19N3S2/c1-4-11-15-12(10-5-7-18-13(10)16-11)17-6-8-19-14(2,3)9-17/h5,7H,4,6,8-9H2,1-3H3. The molecule has 0 aliphatic carbocycles. The fourth-order valence-electron chi connectivity index (χ4n) is 2.48. The number of anilines is 1. The summed E-state index contributed by atoms with van der Waals surface area (Å²) in [5, 5.41) is 3.33. The fraction of sp³-hybridized carbons (Fsp3) is 0.571. The van der Waals surface area contributed by atoms with Crippen molar-refractivity contribution in [2.75, 3.05) is 23.7 Å². The van der Waals surface area contributed by atoms with Crippen LogP contribution >= 0.6 is 23.1 Å².